The van der Waals surface area contributed by atoms with E-state index in [0.29, 0.717) is 18.1 Å². The normalized spacial score (nSPS) is 9.84. The molecule has 4 N–H and O–H groups in total. The molecule has 5 nitrogen and oxygen atoms in total. The number of hydrogen-bond acceptors (Lipinski definition) is 3. The van der Waals surface area contributed by atoms with Crippen molar-refractivity contribution in [3.63, 3.8) is 0 Å². The quantitative estimate of drug-likeness (QED) is 0.562. The van der Waals surface area contributed by atoms with E-state index >= 15 is 0 Å². The molecule has 0 saturated carbocycles. The molecule has 19 heavy (non-hydrogen) atoms. The van der Waals surface area contributed by atoms with Crippen LogP contribution in [0.3, 0.4) is 0 Å². The van der Waals surface area contributed by atoms with Gasteiger partial charge < -0.3 is 21.3 Å². The van der Waals surface area contributed by atoms with Gasteiger partial charge in [0, 0.05) is 38.4 Å². The number of benzene rings is 1. The number of thiocarbonyl (C=S) groups is 1. The predicted molar refractivity (Wildman–Crippen MR) is 82.6 cm³/mol. The first kappa shape index (κ1) is 15.2. The highest BCUT2D eigenvalue weighted by Crippen LogP contribution is 2.19. The maximum atomic E-state index is 11.3. The summed E-state index contributed by atoms with van der Waals surface area (Å²) < 4.78 is 0. The number of nitrogens with two attached hydrogens (primary N) is 1. The fourth-order valence-corrected chi connectivity index (χ4v) is 1.79. The van der Waals surface area contributed by atoms with E-state index in [9.17, 15) is 4.79 Å². The minimum atomic E-state index is -0.110. The van der Waals surface area contributed by atoms with Gasteiger partial charge in [-0.15, -0.1) is 0 Å². The van der Waals surface area contributed by atoms with Crippen LogP contribution in [0.25, 0.3) is 0 Å². The molecule has 0 aliphatic rings. The monoisotopic (exact) mass is 280 g/mol. The lowest BCUT2D eigenvalue weighted by atomic mass is 10.1. The molecule has 0 heterocycles. The van der Waals surface area contributed by atoms with Gasteiger partial charge in [-0.3, -0.25) is 0 Å². The van der Waals surface area contributed by atoms with Crippen LogP contribution in [-0.4, -0.2) is 43.1 Å². The van der Waals surface area contributed by atoms with Crippen molar-refractivity contribution >= 4 is 28.9 Å². The summed E-state index contributed by atoms with van der Waals surface area (Å²) in [5.41, 5.74) is 8.52. The second-order valence-corrected chi connectivity index (χ2v) is 4.85. The first-order valence-electron chi connectivity index (χ1n) is 6.02. The molecular formula is C13H20N4OS. The van der Waals surface area contributed by atoms with Crippen LogP contribution in [-0.2, 0) is 0 Å². The number of nitrogens with one attached hydrogen (secondary N) is 2. The summed E-state index contributed by atoms with van der Waals surface area (Å²) in [5.74, 6) is 0. The molecule has 0 aliphatic heterocycles. The molecule has 1 aromatic carbocycles. The standard InChI is InChI=1S/C13H20N4OS/c1-9-5-4-6-10(12(14)19)11(9)15-7-8-16-13(18)17(2)3/h4-6,15H,7-8H2,1-3H3,(H2,14,19)(H,16,18). The van der Waals surface area contributed by atoms with E-state index in [2.05, 4.69) is 10.6 Å². The van der Waals surface area contributed by atoms with Crippen LogP contribution < -0.4 is 16.4 Å². The van der Waals surface area contributed by atoms with Crippen LogP contribution in [0.1, 0.15) is 11.1 Å². The molecule has 2 amide bonds. The Labute approximate surface area is 119 Å². The summed E-state index contributed by atoms with van der Waals surface area (Å²) in [6.45, 7) is 3.13. The highest BCUT2D eigenvalue weighted by Gasteiger charge is 2.07. The van der Waals surface area contributed by atoms with Crippen LogP contribution in [0.5, 0.6) is 0 Å². The second kappa shape index (κ2) is 6.94. The van der Waals surface area contributed by atoms with Gasteiger partial charge in [0.1, 0.15) is 4.99 Å². The van der Waals surface area contributed by atoms with Crippen molar-refractivity contribution < 1.29 is 4.79 Å². The van der Waals surface area contributed by atoms with Gasteiger partial charge in [0.05, 0.1) is 0 Å². The first-order chi connectivity index (χ1) is 8.93. The summed E-state index contributed by atoms with van der Waals surface area (Å²) in [7, 11) is 3.41. The molecule has 6 heteroatoms. The zero-order valence-electron chi connectivity index (χ0n) is 11.5. The maximum Gasteiger partial charge on any atom is 0.316 e. The van der Waals surface area contributed by atoms with Gasteiger partial charge in [0.2, 0.25) is 0 Å². The Kier molecular flexibility index (Phi) is 5.57. The number of aryl methyl sites for hydroxylation is 1. The molecular weight excluding hydrogens is 260 g/mol. The van der Waals surface area contributed by atoms with Gasteiger partial charge in [0.25, 0.3) is 0 Å². The zero-order chi connectivity index (χ0) is 14.4. The summed E-state index contributed by atoms with van der Waals surface area (Å²) >= 11 is 5.03. The third-order valence-corrected chi connectivity index (χ3v) is 2.87. The van der Waals surface area contributed by atoms with Crippen molar-refractivity contribution in [1.29, 1.82) is 0 Å². The molecule has 1 aromatic rings. The summed E-state index contributed by atoms with van der Waals surface area (Å²) in [6, 6.07) is 5.68. The number of carbonyl (C=O) groups is 1. The highest BCUT2D eigenvalue weighted by atomic mass is 32.1. The van der Waals surface area contributed by atoms with Gasteiger partial charge in [-0.05, 0) is 18.6 Å². The van der Waals surface area contributed by atoms with Crippen molar-refractivity contribution in [3.05, 3.63) is 29.3 Å². The molecule has 0 bridgehead atoms. The molecule has 0 aliphatic carbocycles. The van der Waals surface area contributed by atoms with E-state index < -0.39 is 0 Å². The molecule has 0 spiro atoms. The van der Waals surface area contributed by atoms with Crippen LogP contribution in [0.15, 0.2) is 18.2 Å². The topological polar surface area (TPSA) is 70.4 Å². The van der Waals surface area contributed by atoms with Crippen LogP contribution >= 0.6 is 12.2 Å². The van der Waals surface area contributed by atoms with E-state index in [4.69, 9.17) is 18.0 Å². The van der Waals surface area contributed by atoms with E-state index in [1.807, 2.05) is 25.1 Å². The van der Waals surface area contributed by atoms with Gasteiger partial charge in [0.15, 0.2) is 0 Å². The Morgan fingerprint density at radius 3 is 2.63 bits per heavy atom. The predicted octanol–water partition coefficient (Wildman–Crippen LogP) is 1.31. The SMILES string of the molecule is Cc1cccc(C(N)=S)c1NCCNC(=O)N(C)C. The van der Waals surface area contributed by atoms with Crippen molar-refractivity contribution in [2.75, 3.05) is 32.5 Å². The maximum absolute atomic E-state index is 11.3. The summed E-state index contributed by atoms with van der Waals surface area (Å²) in [5, 5.41) is 6.04. The molecule has 0 atom stereocenters. The van der Waals surface area contributed by atoms with Gasteiger partial charge in [-0.2, -0.15) is 0 Å². The lowest BCUT2D eigenvalue weighted by Gasteiger charge is -2.15. The van der Waals surface area contributed by atoms with E-state index in [1.165, 1.54) is 4.90 Å². The van der Waals surface area contributed by atoms with Crippen molar-refractivity contribution in [2.45, 2.75) is 6.92 Å². The number of anilines is 1. The second-order valence-electron chi connectivity index (χ2n) is 4.41. The average molecular weight is 280 g/mol. The van der Waals surface area contributed by atoms with Gasteiger partial charge >= 0.3 is 6.03 Å². The third-order valence-electron chi connectivity index (χ3n) is 2.65. The number of nitrogens with zero attached hydrogens (tertiary/aromatic N) is 1. The van der Waals surface area contributed by atoms with Crippen molar-refractivity contribution in [2.24, 2.45) is 5.73 Å². The fraction of sp³-hybridized carbons (Fsp3) is 0.385. The largest absolute Gasteiger partial charge is 0.389 e. The Hall–Kier alpha value is -1.82. The number of hydrogen-bond donors (Lipinski definition) is 3. The smallest absolute Gasteiger partial charge is 0.316 e. The molecule has 104 valence electrons. The Morgan fingerprint density at radius 1 is 1.37 bits per heavy atom. The van der Waals surface area contributed by atoms with Crippen molar-refractivity contribution in [3.8, 4) is 0 Å². The minimum Gasteiger partial charge on any atom is -0.389 e. The molecule has 0 fully saturated rings. The molecule has 1 rings (SSSR count). The highest BCUT2D eigenvalue weighted by molar-refractivity contribution is 7.80. The number of urea groups is 1. The summed E-state index contributed by atoms with van der Waals surface area (Å²) in [6.07, 6.45) is 0. The number of carbonyl (C=O) groups excluding carboxylic acids is 1. The molecule has 0 saturated heterocycles. The van der Waals surface area contributed by atoms with Gasteiger partial charge in [-0.1, -0.05) is 24.4 Å². The van der Waals surface area contributed by atoms with E-state index in [0.717, 1.165) is 16.8 Å². The molecule has 0 radical (unpaired) electrons. The third kappa shape index (κ3) is 4.40. The zero-order valence-corrected chi connectivity index (χ0v) is 12.3. The Morgan fingerprint density at radius 2 is 2.05 bits per heavy atom. The Balaban J connectivity index is 2.58. The lowest BCUT2D eigenvalue weighted by molar-refractivity contribution is 0.218. The molecule has 0 unspecified atom stereocenters. The van der Waals surface area contributed by atoms with Crippen molar-refractivity contribution in [1.82, 2.24) is 10.2 Å². The molecule has 0 aromatic heterocycles. The minimum absolute atomic E-state index is 0.110. The fourth-order valence-electron chi connectivity index (χ4n) is 1.62. The number of para-hydroxylation sites is 1. The first-order valence-corrected chi connectivity index (χ1v) is 6.42. The average Bonchev–Trinajstić information content (AvgIpc) is 2.35. The van der Waals surface area contributed by atoms with Crippen LogP contribution in [0.2, 0.25) is 0 Å². The van der Waals surface area contributed by atoms with Crippen LogP contribution in [0.4, 0.5) is 10.5 Å². The van der Waals surface area contributed by atoms with E-state index in [1.54, 1.807) is 14.1 Å². The van der Waals surface area contributed by atoms with Crippen LogP contribution in [0, 0.1) is 6.92 Å². The lowest BCUT2D eigenvalue weighted by Crippen LogP contribution is -2.37. The number of rotatable bonds is 5. The Bertz CT molecular complexity index is 474. The van der Waals surface area contributed by atoms with E-state index in [-0.39, 0.29) is 6.03 Å². The van der Waals surface area contributed by atoms with Gasteiger partial charge in [-0.25, -0.2) is 4.79 Å². The summed E-state index contributed by atoms with van der Waals surface area (Å²) in [4.78, 5) is 13.2. The number of amides is 2.